The Hall–Kier alpha value is -1.17. The van der Waals surface area contributed by atoms with Crippen LogP contribution < -0.4 is 0 Å². The third-order valence-corrected chi connectivity index (χ3v) is 3.63. The minimum Gasteiger partial charge on any atom is -0.479 e. The van der Waals surface area contributed by atoms with Crippen LogP contribution in [-0.4, -0.2) is 33.6 Å². The lowest BCUT2D eigenvalue weighted by Crippen LogP contribution is -2.18. The topological polar surface area (TPSA) is 87.0 Å². The van der Waals surface area contributed by atoms with E-state index in [1.807, 2.05) is 18.2 Å². The van der Waals surface area contributed by atoms with Gasteiger partial charge in [0.15, 0.2) is 6.10 Å². The van der Waals surface area contributed by atoms with Crippen molar-refractivity contribution in [3.05, 3.63) is 24.3 Å². The first-order chi connectivity index (χ1) is 11.1. The highest BCUT2D eigenvalue weighted by atomic mass is 17.1. The van der Waals surface area contributed by atoms with Gasteiger partial charge < -0.3 is 10.2 Å². The van der Waals surface area contributed by atoms with Gasteiger partial charge in [-0.2, -0.15) is 0 Å². The van der Waals surface area contributed by atoms with Gasteiger partial charge in [-0.3, -0.25) is 5.26 Å². The van der Waals surface area contributed by atoms with Crippen LogP contribution >= 0.6 is 0 Å². The van der Waals surface area contributed by atoms with Gasteiger partial charge in [0.25, 0.3) is 0 Å². The monoisotopic (exact) mass is 328 g/mol. The SMILES string of the molecule is CCCCCC=CC[C@H](C=CCCCCCC(O)C(=O)O)OO. The fourth-order valence-corrected chi connectivity index (χ4v) is 2.17. The summed E-state index contributed by atoms with van der Waals surface area (Å²) in [5.41, 5.74) is 0. The summed E-state index contributed by atoms with van der Waals surface area (Å²) in [5.74, 6) is -1.16. The second-order valence-corrected chi connectivity index (χ2v) is 5.77. The first-order valence-electron chi connectivity index (χ1n) is 8.64. The number of aliphatic hydroxyl groups is 1. The quantitative estimate of drug-likeness (QED) is 0.180. The highest BCUT2D eigenvalue weighted by Crippen LogP contribution is 2.08. The Morgan fingerprint density at radius 2 is 1.74 bits per heavy atom. The average molecular weight is 328 g/mol. The number of hydrogen-bond donors (Lipinski definition) is 3. The van der Waals surface area contributed by atoms with E-state index in [1.165, 1.54) is 19.3 Å². The van der Waals surface area contributed by atoms with Crippen LogP contribution in [0.15, 0.2) is 24.3 Å². The molecule has 1 unspecified atom stereocenters. The average Bonchev–Trinajstić information content (AvgIpc) is 2.54. The molecule has 0 aliphatic rings. The lowest BCUT2D eigenvalue weighted by molar-refractivity contribution is -0.264. The summed E-state index contributed by atoms with van der Waals surface area (Å²) in [6.07, 6.45) is 15.4. The van der Waals surface area contributed by atoms with Gasteiger partial charge in [0.1, 0.15) is 6.10 Å². The summed E-state index contributed by atoms with van der Waals surface area (Å²) in [6.45, 7) is 2.18. The molecule has 0 saturated heterocycles. The Morgan fingerprint density at radius 1 is 1.04 bits per heavy atom. The lowest BCUT2D eigenvalue weighted by Gasteiger charge is -2.06. The van der Waals surface area contributed by atoms with E-state index in [2.05, 4.69) is 17.9 Å². The van der Waals surface area contributed by atoms with Crippen LogP contribution in [0.1, 0.15) is 71.1 Å². The molecule has 134 valence electrons. The molecule has 2 atom stereocenters. The smallest absolute Gasteiger partial charge is 0.332 e. The molecule has 5 heteroatoms. The molecule has 3 N–H and O–H groups in total. The number of unbranched alkanes of at least 4 members (excludes halogenated alkanes) is 6. The molecule has 0 rings (SSSR count). The number of rotatable bonds is 15. The molecule has 0 aliphatic carbocycles. The molecule has 0 aromatic carbocycles. The number of aliphatic carboxylic acids is 1. The predicted molar refractivity (Wildman–Crippen MR) is 91.3 cm³/mol. The fraction of sp³-hybridized carbons (Fsp3) is 0.722. The zero-order valence-corrected chi connectivity index (χ0v) is 14.2. The summed E-state index contributed by atoms with van der Waals surface area (Å²) in [4.78, 5) is 14.9. The van der Waals surface area contributed by atoms with Gasteiger partial charge in [-0.1, -0.05) is 56.9 Å². The van der Waals surface area contributed by atoms with Crippen molar-refractivity contribution in [1.82, 2.24) is 0 Å². The number of aliphatic hydroxyl groups excluding tert-OH is 1. The second-order valence-electron chi connectivity index (χ2n) is 5.77. The van der Waals surface area contributed by atoms with Gasteiger partial charge >= 0.3 is 5.97 Å². The molecule has 0 heterocycles. The molecule has 0 fully saturated rings. The van der Waals surface area contributed by atoms with Crippen molar-refractivity contribution in [1.29, 1.82) is 0 Å². The molecule has 0 aromatic heterocycles. The summed E-state index contributed by atoms with van der Waals surface area (Å²) in [5, 5.41) is 26.5. The summed E-state index contributed by atoms with van der Waals surface area (Å²) >= 11 is 0. The van der Waals surface area contributed by atoms with Crippen molar-refractivity contribution in [3.8, 4) is 0 Å². The van der Waals surface area contributed by atoms with E-state index in [0.717, 1.165) is 25.7 Å². The van der Waals surface area contributed by atoms with Crippen molar-refractivity contribution in [2.45, 2.75) is 83.3 Å². The highest BCUT2D eigenvalue weighted by molar-refractivity contribution is 5.71. The Balaban J connectivity index is 3.67. The zero-order chi connectivity index (χ0) is 17.3. The van der Waals surface area contributed by atoms with Crippen LogP contribution in [0.4, 0.5) is 0 Å². The minimum atomic E-state index is -1.25. The van der Waals surface area contributed by atoms with Crippen LogP contribution in [0.3, 0.4) is 0 Å². The van der Waals surface area contributed by atoms with Gasteiger partial charge in [0, 0.05) is 0 Å². The molecule has 0 saturated carbocycles. The molecular formula is C18H32O5. The van der Waals surface area contributed by atoms with Crippen molar-refractivity contribution in [3.63, 3.8) is 0 Å². The van der Waals surface area contributed by atoms with Crippen molar-refractivity contribution in [2.24, 2.45) is 0 Å². The first-order valence-corrected chi connectivity index (χ1v) is 8.64. The predicted octanol–water partition coefficient (Wildman–Crippen LogP) is 4.32. The maximum absolute atomic E-state index is 10.4. The van der Waals surface area contributed by atoms with Crippen LogP contribution in [0.2, 0.25) is 0 Å². The summed E-state index contributed by atoms with van der Waals surface area (Å²) in [6, 6.07) is 0. The van der Waals surface area contributed by atoms with Crippen LogP contribution in [0.25, 0.3) is 0 Å². The molecular weight excluding hydrogens is 296 g/mol. The van der Waals surface area contributed by atoms with Gasteiger partial charge in [0.2, 0.25) is 0 Å². The molecule has 0 spiro atoms. The third kappa shape index (κ3) is 14.2. The molecule has 23 heavy (non-hydrogen) atoms. The van der Waals surface area contributed by atoms with Crippen molar-refractivity contribution >= 4 is 5.97 Å². The normalized spacial score (nSPS) is 14.6. The van der Waals surface area contributed by atoms with Crippen LogP contribution in [0.5, 0.6) is 0 Å². The molecule has 0 aromatic rings. The van der Waals surface area contributed by atoms with E-state index in [-0.39, 0.29) is 6.10 Å². The third-order valence-electron chi connectivity index (χ3n) is 3.63. The van der Waals surface area contributed by atoms with Gasteiger partial charge in [-0.25, -0.2) is 9.68 Å². The van der Waals surface area contributed by atoms with Crippen LogP contribution in [0, 0.1) is 0 Å². The van der Waals surface area contributed by atoms with Crippen molar-refractivity contribution < 1.29 is 25.2 Å². The van der Waals surface area contributed by atoms with Gasteiger partial charge in [-0.15, -0.1) is 0 Å². The number of allylic oxidation sites excluding steroid dienone is 2. The van der Waals surface area contributed by atoms with E-state index in [0.29, 0.717) is 19.3 Å². The first kappa shape index (κ1) is 21.8. The fourth-order valence-electron chi connectivity index (χ4n) is 2.17. The van der Waals surface area contributed by atoms with E-state index >= 15 is 0 Å². The Morgan fingerprint density at radius 3 is 2.39 bits per heavy atom. The maximum Gasteiger partial charge on any atom is 0.332 e. The zero-order valence-electron chi connectivity index (χ0n) is 14.2. The van der Waals surface area contributed by atoms with Crippen LogP contribution in [-0.2, 0) is 9.68 Å². The Kier molecular flexibility index (Phi) is 14.9. The molecule has 0 amide bonds. The lowest BCUT2D eigenvalue weighted by atomic mass is 10.1. The summed E-state index contributed by atoms with van der Waals surface area (Å²) in [7, 11) is 0. The second kappa shape index (κ2) is 15.7. The minimum absolute atomic E-state index is 0.296. The van der Waals surface area contributed by atoms with E-state index in [4.69, 9.17) is 15.5 Å². The molecule has 0 bridgehead atoms. The summed E-state index contributed by atoms with van der Waals surface area (Å²) < 4.78 is 0. The number of hydrogen-bond acceptors (Lipinski definition) is 4. The van der Waals surface area contributed by atoms with E-state index in [1.54, 1.807) is 0 Å². The number of carboxylic acid groups (broad SMARTS) is 1. The number of carboxylic acids is 1. The Labute approximate surface area is 139 Å². The standard InChI is InChI=1S/C18H32O5/c1-2-3-4-5-7-10-13-16(23-22)14-11-8-6-9-12-15-17(19)18(20)21/h7,10-11,14,16-17,19,22H,2-6,8-9,12-13,15H2,1H3,(H,20,21)/t16-,17?/m1/s1. The van der Waals surface area contributed by atoms with E-state index in [9.17, 15) is 4.79 Å². The molecule has 0 aliphatic heterocycles. The van der Waals surface area contributed by atoms with E-state index < -0.39 is 12.1 Å². The maximum atomic E-state index is 10.4. The van der Waals surface area contributed by atoms with Gasteiger partial charge in [-0.05, 0) is 38.5 Å². The van der Waals surface area contributed by atoms with Gasteiger partial charge in [0.05, 0.1) is 0 Å². The molecule has 0 radical (unpaired) electrons. The molecule has 5 nitrogen and oxygen atoms in total. The Bertz CT molecular complexity index is 338. The number of carbonyl (C=O) groups is 1. The largest absolute Gasteiger partial charge is 0.479 e. The van der Waals surface area contributed by atoms with Crippen molar-refractivity contribution in [2.75, 3.05) is 0 Å². The highest BCUT2D eigenvalue weighted by Gasteiger charge is 2.11.